The molecule has 0 aliphatic heterocycles. The lowest BCUT2D eigenvalue weighted by Crippen LogP contribution is -2.14. The molecule has 0 radical (unpaired) electrons. The first-order valence-electron chi connectivity index (χ1n) is 5.84. The highest BCUT2D eigenvalue weighted by atomic mass is 79.9. The zero-order valence-corrected chi connectivity index (χ0v) is 11.9. The van der Waals surface area contributed by atoms with Crippen LogP contribution in [0.25, 0.3) is 0 Å². The average Bonchev–Trinajstić information content (AvgIpc) is 2.42. The fraction of sp³-hybridized carbons (Fsp3) is 0.200. The lowest BCUT2D eigenvalue weighted by Gasteiger charge is -2.13. The molecule has 94 valence electrons. The van der Waals surface area contributed by atoms with Gasteiger partial charge in [0.1, 0.15) is 11.5 Å². The normalized spacial score (nSPS) is 10.6. The van der Waals surface area contributed by atoms with Gasteiger partial charge in [0.2, 0.25) is 0 Å². The number of nitrogens with zero attached hydrogens (tertiary/aromatic N) is 1. The SMILES string of the molecule is CN(CBr)Cc1ccc(Oc2ccccc2)cc1. The molecule has 3 heteroatoms. The lowest BCUT2D eigenvalue weighted by atomic mass is 10.2. The Hall–Kier alpha value is -1.32. The maximum atomic E-state index is 5.74. The molecule has 0 saturated carbocycles. The van der Waals surface area contributed by atoms with Gasteiger partial charge in [-0.25, -0.2) is 0 Å². The maximum Gasteiger partial charge on any atom is 0.127 e. The van der Waals surface area contributed by atoms with Crippen molar-refractivity contribution >= 4 is 15.9 Å². The van der Waals surface area contributed by atoms with Crippen LogP contribution in [0, 0.1) is 0 Å². The van der Waals surface area contributed by atoms with E-state index >= 15 is 0 Å². The molecule has 0 bridgehead atoms. The van der Waals surface area contributed by atoms with Gasteiger partial charge in [-0.3, -0.25) is 4.90 Å². The van der Waals surface area contributed by atoms with Crippen molar-refractivity contribution in [3.63, 3.8) is 0 Å². The van der Waals surface area contributed by atoms with Crippen molar-refractivity contribution in [1.29, 1.82) is 0 Å². The lowest BCUT2D eigenvalue weighted by molar-refractivity contribution is 0.389. The first-order valence-corrected chi connectivity index (χ1v) is 6.96. The number of halogens is 1. The van der Waals surface area contributed by atoms with Gasteiger partial charge in [0, 0.05) is 6.54 Å². The van der Waals surface area contributed by atoms with Crippen LogP contribution in [-0.4, -0.2) is 17.4 Å². The van der Waals surface area contributed by atoms with Gasteiger partial charge in [0.25, 0.3) is 0 Å². The molecule has 0 heterocycles. The molecule has 18 heavy (non-hydrogen) atoms. The standard InChI is InChI=1S/C15H16BrNO/c1-17(12-16)11-13-7-9-15(10-8-13)18-14-5-3-2-4-6-14/h2-10H,11-12H2,1H3. The van der Waals surface area contributed by atoms with Crippen LogP contribution in [0.5, 0.6) is 11.5 Å². The number of rotatable bonds is 5. The fourth-order valence-corrected chi connectivity index (χ4v) is 1.82. The molecule has 0 amide bonds. The molecule has 0 saturated heterocycles. The number of ether oxygens (including phenoxy) is 1. The number of benzene rings is 2. The van der Waals surface area contributed by atoms with E-state index in [0.717, 1.165) is 23.5 Å². The van der Waals surface area contributed by atoms with E-state index in [-0.39, 0.29) is 0 Å². The Morgan fingerprint density at radius 2 is 1.56 bits per heavy atom. The summed E-state index contributed by atoms with van der Waals surface area (Å²) in [5.74, 6) is 1.73. The van der Waals surface area contributed by atoms with Gasteiger partial charge < -0.3 is 4.74 Å². The van der Waals surface area contributed by atoms with Gasteiger partial charge in [-0.05, 0) is 36.9 Å². The largest absolute Gasteiger partial charge is 0.457 e. The number of hydrogen-bond acceptors (Lipinski definition) is 2. The molecule has 0 spiro atoms. The molecule has 0 atom stereocenters. The first kappa shape index (κ1) is 13.1. The molecule has 2 aromatic rings. The van der Waals surface area contributed by atoms with E-state index in [0.29, 0.717) is 0 Å². The van der Waals surface area contributed by atoms with Crippen molar-refractivity contribution in [2.75, 3.05) is 12.5 Å². The monoisotopic (exact) mass is 305 g/mol. The Balaban J connectivity index is 2.00. The summed E-state index contributed by atoms with van der Waals surface area (Å²) >= 11 is 3.43. The molecule has 0 N–H and O–H groups in total. The predicted molar refractivity (Wildman–Crippen MR) is 78.2 cm³/mol. The topological polar surface area (TPSA) is 12.5 Å². The van der Waals surface area contributed by atoms with Gasteiger partial charge in [-0.2, -0.15) is 0 Å². The second-order valence-corrected chi connectivity index (χ2v) is 4.69. The van der Waals surface area contributed by atoms with Gasteiger partial charge in [0.15, 0.2) is 0 Å². The maximum absolute atomic E-state index is 5.74. The van der Waals surface area contributed by atoms with E-state index in [4.69, 9.17) is 4.74 Å². The molecule has 2 rings (SSSR count). The molecule has 0 unspecified atom stereocenters. The molecule has 2 nitrogen and oxygen atoms in total. The zero-order chi connectivity index (χ0) is 12.8. The smallest absolute Gasteiger partial charge is 0.127 e. The van der Waals surface area contributed by atoms with Gasteiger partial charge >= 0.3 is 0 Å². The van der Waals surface area contributed by atoms with Crippen molar-refractivity contribution in [1.82, 2.24) is 4.90 Å². The zero-order valence-electron chi connectivity index (χ0n) is 10.3. The second-order valence-electron chi connectivity index (χ2n) is 4.19. The summed E-state index contributed by atoms with van der Waals surface area (Å²) < 4.78 is 5.74. The highest BCUT2D eigenvalue weighted by molar-refractivity contribution is 9.09. The predicted octanol–water partition coefficient (Wildman–Crippen LogP) is 4.26. The Labute approximate surface area is 116 Å². The fourth-order valence-electron chi connectivity index (χ4n) is 1.64. The first-order chi connectivity index (χ1) is 8.78. The number of alkyl halides is 1. The highest BCUT2D eigenvalue weighted by Gasteiger charge is 2.00. The summed E-state index contributed by atoms with van der Waals surface area (Å²) in [6.07, 6.45) is 0. The van der Waals surface area contributed by atoms with E-state index in [9.17, 15) is 0 Å². The molecule has 0 aliphatic carbocycles. The number of hydrogen-bond donors (Lipinski definition) is 0. The Bertz CT molecular complexity index is 470. The van der Waals surface area contributed by atoms with Crippen LogP contribution < -0.4 is 4.74 Å². The van der Waals surface area contributed by atoms with Crippen molar-refractivity contribution in [2.45, 2.75) is 6.54 Å². The summed E-state index contributed by atoms with van der Waals surface area (Å²) in [5.41, 5.74) is 2.15. The second kappa shape index (κ2) is 6.57. The minimum Gasteiger partial charge on any atom is -0.457 e. The van der Waals surface area contributed by atoms with Crippen LogP contribution in [0.15, 0.2) is 54.6 Å². The van der Waals surface area contributed by atoms with Crippen LogP contribution in [0.2, 0.25) is 0 Å². The van der Waals surface area contributed by atoms with Crippen molar-refractivity contribution in [3.05, 3.63) is 60.2 Å². The quantitative estimate of drug-likeness (QED) is 0.604. The highest BCUT2D eigenvalue weighted by Crippen LogP contribution is 2.21. The summed E-state index contributed by atoms with van der Waals surface area (Å²) in [4.78, 5) is 2.19. The number of para-hydroxylation sites is 1. The van der Waals surface area contributed by atoms with Crippen LogP contribution >= 0.6 is 15.9 Å². The summed E-state index contributed by atoms with van der Waals surface area (Å²) in [7, 11) is 2.07. The van der Waals surface area contributed by atoms with Crippen LogP contribution in [0.3, 0.4) is 0 Å². The molecule has 0 fully saturated rings. The van der Waals surface area contributed by atoms with Crippen LogP contribution in [0.4, 0.5) is 0 Å². The summed E-state index contributed by atoms with van der Waals surface area (Å²) in [6, 6.07) is 18.0. The van der Waals surface area contributed by atoms with Crippen molar-refractivity contribution in [3.8, 4) is 11.5 Å². The minimum absolute atomic E-state index is 0.864. The minimum atomic E-state index is 0.864. The van der Waals surface area contributed by atoms with E-state index in [1.54, 1.807) is 0 Å². The van der Waals surface area contributed by atoms with Gasteiger partial charge in [-0.1, -0.05) is 46.3 Å². The summed E-state index contributed by atoms with van der Waals surface area (Å²) in [6.45, 7) is 0.927. The van der Waals surface area contributed by atoms with Crippen molar-refractivity contribution in [2.24, 2.45) is 0 Å². The Morgan fingerprint density at radius 1 is 0.944 bits per heavy atom. The van der Waals surface area contributed by atoms with Gasteiger partial charge in [-0.15, -0.1) is 0 Å². The molecule has 2 aromatic carbocycles. The summed E-state index contributed by atoms with van der Waals surface area (Å²) in [5, 5.41) is 0. The third kappa shape index (κ3) is 3.86. The third-order valence-corrected chi connectivity index (χ3v) is 3.41. The van der Waals surface area contributed by atoms with Crippen molar-refractivity contribution < 1.29 is 4.74 Å². The van der Waals surface area contributed by atoms with Gasteiger partial charge in [0.05, 0.1) is 5.45 Å². The van der Waals surface area contributed by atoms with Crippen LogP contribution in [-0.2, 0) is 6.54 Å². The Kier molecular flexibility index (Phi) is 4.79. The van der Waals surface area contributed by atoms with E-state index in [1.807, 2.05) is 42.5 Å². The molecular formula is C15H16BrNO. The van der Waals surface area contributed by atoms with Crippen LogP contribution in [0.1, 0.15) is 5.56 Å². The Morgan fingerprint density at radius 3 is 2.17 bits per heavy atom. The van der Waals surface area contributed by atoms with E-state index in [2.05, 4.69) is 40.0 Å². The van der Waals surface area contributed by atoms with E-state index < -0.39 is 0 Å². The van der Waals surface area contributed by atoms with E-state index in [1.165, 1.54) is 5.56 Å². The third-order valence-electron chi connectivity index (χ3n) is 2.56. The molecule has 0 aliphatic rings. The molecule has 0 aromatic heterocycles. The molecular weight excluding hydrogens is 290 g/mol. The average molecular weight is 306 g/mol.